The molecule has 5 nitrogen and oxygen atoms in total. The van der Waals surface area contributed by atoms with Gasteiger partial charge in [0.25, 0.3) is 0 Å². The second kappa shape index (κ2) is 9.23. The third-order valence-corrected chi connectivity index (χ3v) is 4.04. The van der Waals surface area contributed by atoms with Gasteiger partial charge in [-0.15, -0.1) is 0 Å². The molecule has 0 fully saturated rings. The molecular weight excluding hydrogens is 324 g/mol. The summed E-state index contributed by atoms with van der Waals surface area (Å²) >= 11 is 6.34. The van der Waals surface area contributed by atoms with E-state index in [1.165, 1.54) is 6.08 Å². The SMILES string of the molecule is CCCCn1nc(C)c(/C=C/C(=O)NCCc2ccccn2)c1Cl. The van der Waals surface area contributed by atoms with Gasteiger partial charge >= 0.3 is 0 Å². The number of aromatic nitrogens is 3. The molecule has 1 N–H and O–H groups in total. The van der Waals surface area contributed by atoms with E-state index in [2.05, 4.69) is 22.3 Å². The van der Waals surface area contributed by atoms with Gasteiger partial charge in [-0.25, -0.2) is 0 Å². The Labute approximate surface area is 147 Å². The molecule has 0 saturated heterocycles. The number of hydrogen-bond acceptors (Lipinski definition) is 3. The van der Waals surface area contributed by atoms with Crippen LogP contribution in [0.15, 0.2) is 30.5 Å². The van der Waals surface area contributed by atoms with E-state index in [9.17, 15) is 4.79 Å². The Hall–Kier alpha value is -2.14. The zero-order valence-electron chi connectivity index (χ0n) is 14.1. The summed E-state index contributed by atoms with van der Waals surface area (Å²) in [4.78, 5) is 16.1. The van der Waals surface area contributed by atoms with E-state index in [1.54, 1.807) is 17.0 Å². The van der Waals surface area contributed by atoms with Gasteiger partial charge in [0.05, 0.1) is 5.69 Å². The maximum Gasteiger partial charge on any atom is 0.244 e. The summed E-state index contributed by atoms with van der Waals surface area (Å²) in [5.41, 5.74) is 2.58. The third kappa shape index (κ3) is 5.20. The molecule has 0 unspecified atom stereocenters. The fraction of sp³-hybridized carbons (Fsp3) is 0.389. The molecule has 128 valence electrons. The second-order valence-corrected chi connectivity index (χ2v) is 5.92. The van der Waals surface area contributed by atoms with E-state index in [4.69, 9.17) is 11.6 Å². The number of nitrogens with zero attached hydrogens (tertiary/aromatic N) is 3. The van der Waals surface area contributed by atoms with Crippen LogP contribution in [0.3, 0.4) is 0 Å². The van der Waals surface area contributed by atoms with Gasteiger partial charge in [-0.1, -0.05) is 31.0 Å². The fourth-order valence-corrected chi connectivity index (χ4v) is 2.61. The highest BCUT2D eigenvalue weighted by Gasteiger charge is 2.10. The lowest BCUT2D eigenvalue weighted by atomic mass is 10.2. The first-order chi connectivity index (χ1) is 11.6. The van der Waals surface area contributed by atoms with Crippen molar-refractivity contribution in [3.63, 3.8) is 0 Å². The number of amides is 1. The summed E-state index contributed by atoms with van der Waals surface area (Å²) in [5.74, 6) is -0.150. The molecular formula is C18H23ClN4O. The van der Waals surface area contributed by atoms with Gasteiger partial charge in [0.1, 0.15) is 5.15 Å². The average molecular weight is 347 g/mol. The molecule has 0 bridgehead atoms. The predicted molar refractivity (Wildman–Crippen MR) is 96.9 cm³/mol. The van der Waals surface area contributed by atoms with Crippen LogP contribution in [0.1, 0.15) is 36.7 Å². The highest BCUT2D eigenvalue weighted by molar-refractivity contribution is 6.31. The van der Waals surface area contributed by atoms with Gasteiger partial charge in [0.2, 0.25) is 5.91 Å². The van der Waals surface area contributed by atoms with Crippen molar-refractivity contribution < 1.29 is 4.79 Å². The first-order valence-electron chi connectivity index (χ1n) is 8.20. The maximum atomic E-state index is 11.9. The Kier molecular flexibility index (Phi) is 7.00. The van der Waals surface area contributed by atoms with Crippen molar-refractivity contribution in [3.05, 3.63) is 52.6 Å². The molecule has 0 radical (unpaired) electrons. The largest absolute Gasteiger partial charge is 0.352 e. The number of carbonyl (C=O) groups excluding carboxylic acids is 1. The Morgan fingerprint density at radius 1 is 1.42 bits per heavy atom. The summed E-state index contributed by atoms with van der Waals surface area (Å²) < 4.78 is 1.79. The van der Waals surface area contributed by atoms with E-state index < -0.39 is 0 Å². The summed E-state index contributed by atoms with van der Waals surface area (Å²) in [7, 11) is 0. The number of carbonyl (C=O) groups is 1. The van der Waals surface area contributed by atoms with E-state index >= 15 is 0 Å². The second-order valence-electron chi connectivity index (χ2n) is 5.56. The molecule has 2 heterocycles. The number of hydrogen-bond donors (Lipinski definition) is 1. The first-order valence-corrected chi connectivity index (χ1v) is 8.58. The lowest BCUT2D eigenvalue weighted by Crippen LogP contribution is -2.23. The summed E-state index contributed by atoms with van der Waals surface area (Å²) in [6, 6.07) is 5.75. The van der Waals surface area contributed by atoms with Crippen molar-refractivity contribution in [1.82, 2.24) is 20.1 Å². The minimum absolute atomic E-state index is 0.150. The molecule has 0 aliphatic rings. The van der Waals surface area contributed by atoms with Gasteiger partial charge in [-0.3, -0.25) is 14.5 Å². The minimum Gasteiger partial charge on any atom is -0.352 e. The summed E-state index contributed by atoms with van der Waals surface area (Å²) in [5, 5.41) is 7.85. The van der Waals surface area contributed by atoms with Crippen LogP contribution in [0, 0.1) is 6.92 Å². The highest BCUT2D eigenvalue weighted by atomic mass is 35.5. The Morgan fingerprint density at radius 2 is 2.25 bits per heavy atom. The van der Waals surface area contributed by atoms with Crippen LogP contribution in [0.4, 0.5) is 0 Å². The number of rotatable bonds is 8. The van der Waals surface area contributed by atoms with Crippen molar-refractivity contribution in [2.24, 2.45) is 0 Å². The van der Waals surface area contributed by atoms with E-state index in [0.717, 1.165) is 36.3 Å². The van der Waals surface area contributed by atoms with Gasteiger partial charge < -0.3 is 5.32 Å². The lowest BCUT2D eigenvalue weighted by Gasteiger charge is -2.02. The normalized spacial score (nSPS) is 11.1. The van der Waals surface area contributed by atoms with E-state index in [1.807, 2.05) is 25.1 Å². The molecule has 0 atom stereocenters. The Morgan fingerprint density at radius 3 is 2.96 bits per heavy atom. The standard InChI is InChI=1S/C18H23ClN4O/c1-3-4-13-23-18(19)16(14(2)22-23)8-9-17(24)21-12-10-15-7-5-6-11-20-15/h5-9,11H,3-4,10,12-13H2,1-2H3,(H,21,24)/b9-8+. The molecule has 2 rings (SSSR count). The number of aryl methyl sites for hydroxylation is 2. The molecule has 24 heavy (non-hydrogen) atoms. The minimum atomic E-state index is -0.150. The van der Waals surface area contributed by atoms with Gasteiger partial charge in [-0.2, -0.15) is 5.10 Å². The molecule has 0 saturated carbocycles. The van der Waals surface area contributed by atoms with Crippen molar-refractivity contribution >= 4 is 23.6 Å². The first kappa shape index (κ1) is 18.2. The average Bonchev–Trinajstić information content (AvgIpc) is 2.85. The van der Waals surface area contributed by atoms with Crippen molar-refractivity contribution in [3.8, 4) is 0 Å². The van der Waals surface area contributed by atoms with Crippen LogP contribution in [-0.4, -0.2) is 27.2 Å². The molecule has 2 aromatic rings. The van der Waals surface area contributed by atoms with Crippen LogP contribution in [0.25, 0.3) is 6.08 Å². The van der Waals surface area contributed by atoms with Crippen LogP contribution >= 0.6 is 11.6 Å². The van der Waals surface area contributed by atoms with E-state index in [-0.39, 0.29) is 5.91 Å². The molecule has 0 spiro atoms. The fourth-order valence-electron chi connectivity index (χ4n) is 2.29. The van der Waals surface area contributed by atoms with Crippen LogP contribution in [0.2, 0.25) is 5.15 Å². The topological polar surface area (TPSA) is 59.8 Å². The van der Waals surface area contributed by atoms with Gasteiger partial charge in [-0.05, 0) is 31.6 Å². The predicted octanol–water partition coefficient (Wildman–Crippen LogP) is 3.41. The van der Waals surface area contributed by atoms with Crippen molar-refractivity contribution in [1.29, 1.82) is 0 Å². The van der Waals surface area contributed by atoms with Crippen LogP contribution < -0.4 is 5.32 Å². The molecule has 2 aromatic heterocycles. The maximum absolute atomic E-state index is 11.9. The molecule has 0 aromatic carbocycles. The number of halogens is 1. The van der Waals surface area contributed by atoms with E-state index in [0.29, 0.717) is 18.1 Å². The molecule has 1 amide bonds. The van der Waals surface area contributed by atoms with Crippen LogP contribution in [-0.2, 0) is 17.8 Å². The van der Waals surface area contributed by atoms with Gasteiger partial charge in [0.15, 0.2) is 0 Å². The zero-order valence-corrected chi connectivity index (χ0v) is 14.9. The zero-order chi connectivity index (χ0) is 17.4. The molecule has 0 aliphatic heterocycles. The Balaban J connectivity index is 1.88. The number of unbranched alkanes of at least 4 members (excludes halogenated alkanes) is 1. The quantitative estimate of drug-likeness (QED) is 0.745. The number of pyridine rings is 1. The van der Waals surface area contributed by atoms with Crippen molar-refractivity contribution in [2.45, 2.75) is 39.7 Å². The van der Waals surface area contributed by atoms with Crippen LogP contribution in [0.5, 0.6) is 0 Å². The lowest BCUT2D eigenvalue weighted by molar-refractivity contribution is -0.116. The summed E-state index contributed by atoms with van der Waals surface area (Å²) in [6.07, 6.45) is 7.78. The number of nitrogens with one attached hydrogen (secondary N) is 1. The molecule has 0 aliphatic carbocycles. The monoisotopic (exact) mass is 346 g/mol. The van der Waals surface area contributed by atoms with Crippen molar-refractivity contribution in [2.75, 3.05) is 6.54 Å². The molecule has 6 heteroatoms. The van der Waals surface area contributed by atoms with Gasteiger partial charge in [0, 0.05) is 43.0 Å². The Bertz CT molecular complexity index is 695. The smallest absolute Gasteiger partial charge is 0.244 e. The summed E-state index contributed by atoms with van der Waals surface area (Å²) in [6.45, 7) is 5.36. The third-order valence-electron chi connectivity index (χ3n) is 3.64. The highest BCUT2D eigenvalue weighted by Crippen LogP contribution is 2.21.